The van der Waals surface area contributed by atoms with Crippen LogP contribution in [-0.2, 0) is 6.42 Å². The van der Waals surface area contributed by atoms with Crippen molar-refractivity contribution in [2.24, 2.45) is 0 Å². The van der Waals surface area contributed by atoms with E-state index in [0.717, 1.165) is 26.1 Å². The number of likely N-dealkylation sites (tertiary alicyclic amines) is 1. The van der Waals surface area contributed by atoms with Crippen molar-refractivity contribution in [2.45, 2.75) is 25.4 Å². The first kappa shape index (κ1) is 16.6. The number of halogens is 1. The summed E-state index contributed by atoms with van der Waals surface area (Å²) in [6.07, 6.45) is 2.40. The van der Waals surface area contributed by atoms with Gasteiger partial charge in [-0.05, 0) is 35.6 Å². The lowest BCUT2D eigenvalue weighted by atomic mass is 9.93. The van der Waals surface area contributed by atoms with Gasteiger partial charge in [-0.25, -0.2) is 4.39 Å². The SMILES string of the molecule is CC(c1ncccc1F)c1c(CCN2CC(O)C2)sc2ccccc12. The summed E-state index contributed by atoms with van der Waals surface area (Å²) in [6, 6.07) is 11.4. The number of benzene rings is 1. The third-order valence-electron chi connectivity index (χ3n) is 4.93. The molecule has 0 saturated carbocycles. The van der Waals surface area contributed by atoms with Crippen LogP contribution in [0.15, 0.2) is 42.6 Å². The first-order valence-electron chi connectivity index (χ1n) is 8.64. The van der Waals surface area contributed by atoms with Crippen LogP contribution in [0.3, 0.4) is 0 Å². The fraction of sp³-hybridized carbons (Fsp3) is 0.350. The van der Waals surface area contributed by atoms with Crippen LogP contribution in [-0.4, -0.2) is 40.7 Å². The molecular formula is C20H21FN2OS. The highest BCUT2D eigenvalue weighted by Gasteiger charge is 2.26. The maximum absolute atomic E-state index is 14.3. The highest BCUT2D eigenvalue weighted by Crippen LogP contribution is 2.39. The van der Waals surface area contributed by atoms with E-state index in [9.17, 15) is 9.50 Å². The summed E-state index contributed by atoms with van der Waals surface area (Å²) in [6.45, 7) is 4.47. The van der Waals surface area contributed by atoms with Gasteiger partial charge in [0.15, 0.2) is 0 Å². The number of rotatable bonds is 5. The molecule has 0 bridgehead atoms. The largest absolute Gasteiger partial charge is 0.390 e. The van der Waals surface area contributed by atoms with E-state index in [0.29, 0.717) is 5.69 Å². The minimum absolute atomic E-state index is 0.0886. The second-order valence-electron chi connectivity index (χ2n) is 6.69. The third-order valence-corrected chi connectivity index (χ3v) is 6.18. The summed E-state index contributed by atoms with van der Waals surface area (Å²) >= 11 is 1.79. The topological polar surface area (TPSA) is 36.4 Å². The molecule has 3 nitrogen and oxygen atoms in total. The number of aliphatic hydroxyl groups is 1. The molecule has 0 aliphatic carbocycles. The zero-order valence-electron chi connectivity index (χ0n) is 14.2. The standard InChI is InChI=1S/C20H21FN2OS/c1-13(20-16(21)6-4-9-22-20)19-15-5-2-3-7-17(15)25-18(19)8-10-23-11-14(24)12-23/h2-7,9,13-14,24H,8,10-12H2,1H3. The molecule has 25 heavy (non-hydrogen) atoms. The quantitative estimate of drug-likeness (QED) is 0.755. The lowest BCUT2D eigenvalue weighted by molar-refractivity contribution is 0.00319. The molecule has 2 aromatic heterocycles. The molecule has 1 unspecified atom stereocenters. The van der Waals surface area contributed by atoms with Gasteiger partial charge in [0, 0.05) is 41.3 Å². The van der Waals surface area contributed by atoms with Crippen LogP contribution in [0, 0.1) is 5.82 Å². The van der Waals surface area contributed by atoms with Crippen LogP contribution in [0.1, 0.15) is 29.0 Å². The Kier molecular flexibility index (Phi) is 4.54. The second kappa shape index (κ2) is 6.83. The minimum Gasteiger partial charge on any atom is -0.390 e. The van der Waals surface area contributed by atoms with Crippen molar-refractivity contribution < 1.29 is 9.50 Å². The lowest BCUT2D eigenvalue weighted by Gasteiger charge is -2.35. The first-order valence-corrected chi connectivity index (χ1v) is 9.46. The van der Waals surface area contributed by atoms with Crippen molar-refractivity contribution in [1.29, 1.82) is 0 Å². The van der Waals surface area contributed by atoms with E-state index in [1.54, 1.807) is 23.6 Å². The Balaban J connectivity index is 1.70. The van der Waals surface area contributed by atoms with Crippen LogP contribution in [0.25, 0.3) is 10.1 Å². The highest BCUT2D eigenvalue weighted by molar-refractivity contribution is 7.19. The molecule has 0 radical (unpaired) electrons. The Bertz CT molecular complexity index is 888. The van der Waals surface area contributed by atoms with Gasteiger partial charge in [-0.15, -0.1) is 11.3 Å². The highest BCUT2D eigenvalue weighted by atomic mass is 32.1. The van der Waals surface area contributed by atoms with Crippen molar-refractivity contribution in [3.05, 3.63) is 64.5 Å². The van der Waals surface area contributed by atoms with Crippen LogP contribution in [0.5, 0.6) is 0 Å². The number of nitrogens with zero attached hydrogens (tertiary/aromatic N) is 2. The van der Waals surface area contributed by atoms with E-state index in [1.165, 1.54) is 26.6 Å². The van der Waals surface area contributed by atoms with Gasteiger partial charge < -0.3 is 5.11 Å². The summed E-state index contributed by atoms with van der Waals surface area (Å²) in [5, 5.41) is 10.7. The van der Waals surface area contributed by atoms with Crippen molar-refractivity contribution in [1.82, 2.24) is 9.88 Å². The molecule has 1 atom stereocenters. The molecule has 0 spiro atoms. The van der Waals surface area contributed by atoms with Crippen LogP contribution in [0.2, 0.25) is 0 Å². The number of fused-ring (bicyclic) bond motifs is 1. The Labute approximate surface area is 150 Å². The van der Waals surface area contributed by atoms with Crippen molar-refractivity contribution in [3.63, 3.8) is 0 Å². The van der Waals surface area contributed by atoms with Gasteiger partial charge in [0.1, 0.15) is 5.82 Å². The number of aromatic nitrogens is 1. The average molecular weight is 356 g/mol. The fourth-order valence-corrected chi connectivity index (χ4v) is 4.90. The molecule has 130 valence electrons. The number of hydrogen-bond acceptors (Lipinski definition) is 4. The van der Waals surface area contributed by atoms with E-state index in [4.69, 9.17) is 0 Å². The van der Waals surface area contributed by atoms with Crippen molar-refractivity contribution in [2.75, 3.05) is 19.6 Å². The van der Waals surface area contributed by atoms with Gasteiger partial charge in [-0.3, -0.25) is 9.88 Å². The van der Waals surface area contributed by atoms with Gasteiger partial charge in [-0.1, -0.05) is 25.1 Å². The maximum Gasteiger partial charge on any atom is 0.145 e. The van der Waals surface area contributed by atoms with Gasteiger partial charge in [-0.2, -0.15) is 0 Å². The predicted molar refractivity (Wildman–Crippen MR) is 99.7 cm³/mol. The number of thiophene rings is 1. The van der Waals surface area contributed by atoms with E-state index in [1.807, 2.05) is 19.1 Å². The number of pyridine rings is 1. The molecule has 1 aromatic carbocycles. The second-order valence-corrected chi connectivity index (χ2v) is 7.83. The van der Waals surface area contributed by atoms with E-state index < -0.39 is 0 Å². The monoisotopic (exact) mass is 356 g/mol. The van der Waals surface area contributed by atoms with Crippen LogP contribution < -0.4 is 0 Å². The Hall–Kier alpha value is -1.82. The molecule has 1 aliphatic heterocycles. The molecule has 3 aromatic rings. The Morgan fingerprint density at radius 2 is 2.08 bits per heavy atom. The maximum atomic E-state index is 14.3. The lowest BCUT2D eigenvalue weighted by Crippen LogP contribution is -2.51. The smallest absolute Gasteiger partial charge is 0.145 e. The summed E-state index contributed by atoms with van der Waals surface area (Å²) in [4.78, 5) is 7.85. The average Bonchev–Trinajstić information content (AvgIpc) is 2.96. The predicted octanol–water partition coefficient (Wildman–Crippen LogP) is 3.81. The molecule has 5 heteroatoms. The Morgan fingerprint density at radius 1 is 1.28 bits per heavy atom. The number of aliphatic hydroxyl groups excluding tert-OH is 1. The normalized spacial score (nSPS) is 16.9. The Morgan fingerprint density at radius 3 is 2.84 bits per heavy atom. The number of β-amino-alcohol motifs (C(OH)–C–C–N with tert-alkyl or cyclic N) is 1. The van der Waals surface area contributed by atoms with Gasteiger partial charge in [0.2, 0.25) is 0 Å². The van der Waals surface area contributed by atoms with Crippen LogP contribution >= 0.6 is 11.3 Å². The fourth-order valence-electron chi connectivity index (χ4n) is 3.61. The zero-order valence-corrected chi connectivity index (χ0v) is 15.0. The van der Waals surface area contributed by atoms with E-state index in [-0.39, 0.29) is 17.8 Å². The molecule has 4 rings (SSSR count). The summed E-state index contributed by atoms with van der Waals surface area (Å²) in [5.74, 6) is -0.337. The molecule has 1 aliphatic rings. The van der Waals surface area contributed by atoms with Gasteiger partial charge >= 0.3 is 0 Å². The molecule has 1 fully saturated rings. The molecular weight excluding hydrogens is 335 g/mol. The third kappa shape index (κ3) is 3.19. The summed E-state index contributed by atoms with van der Waals surface area (Å²) in [7, 11) is 0. The first-order chi connectivity index (χ1) is 12.1. The minimum atomic E-state index is -0.248. The van der Waals surface area contributed by atoms with Crippen molar-refractivity contribution >= 4 is 21.4 Å². The van der Waals surface area contributed by atoms with Crippen molar-refractivity contribution in [3.8, 4) is 0 Å². The van der Waals surface area contributed by atoms with E-state index in [2.05, 4.69) is 22.0 Å². The summed E-state index contributed by atoms with van der Waals surface area (Å²) in [5.41, 5.74) is 1.70. The molecule has 1 saturated heterocycles. The van der Waals surface area contributed by atoms with Gasteiger partial charge in [0.25, 0.3) is 0 Å². The molecule has 3 heterocycles. The number of hydrogen-bond donors (Lipinski definition) is 1. The molecule has 1 N–H and O–H groups in total. The van der Waals surface area contributed by atoms with Crippen LogP contribution in [0.4, 0.5) is 4.39 Å². The van der Waals surface area contributed by atoms with Gasteiger partial charge in [0.05, 0.1) is 11.8 Å². The molecule has 0 amide bonds. The van der Waals surface area contributed by atoms with E-state index >= 15 is 0 Å². The summed E-state index contributed by atoms with van der Waals surface area (Å²) < 4.78 is 15.5. The zero-order chi connectivity index (χ0) is 17.4.